The first kappa shape index (κ1) is 12.0. The van der Waals surface area contributed by atoms with E-state index in [1.54, 1.807) is 12.4 Å². The molecule has 0 amide bonds. The third kappa shape index (κ3) is 3.25. The lowest BCUT2D eigenvalue weighted by Gasteiger charge is -2.25. The Hall–Kier alpha value is -0.480. The SMILES string of the molecule is FC(Cc1cncc(Br)c1)C1CCNCC1. The first-order valence-electron chi connectivity index (χ1n) is 5.70. The highest BCUT2D eigenvalue weighted by Crippen LogP contribution is 2.23. The molecular weight excluding hydrogens is 271 g/mol. The van der Waals surface area contributed by atoms with Crippen LogP contribution < -0.4 is 5.32 Å². The van der Waals surface area contributed by atoms with Gasteiger partial charge < -0.3 is 5.32 Å². The van der Waals surface area contributed by atoms with Gasteiger partial charge in [0.25, 0.3) is 0 Å². The van der Waals surface area contributed by atoms with E-state index < -0.39 is 6.17 Å². The molecule has 1 fully saturated rings. The second-order valence-electron chi connectivity index (χ2n) is 4.32. The van der Waals surface area contributed by atoms with E-state index in [1.807, 2.05) is 6.07 Å². The summed E-state index contributed by atoms with van der Waals surface area (Å²) in [5, 5.41) is 3.26. The minimum atomic E-state index is -0.738. The average molecular weight is 287 g/mol. The second kappa shape index (κ2) is 5.73. The number of alkyl halides is 1. The minimum Gasteiger partial charge on any atom is -0.317 e. The molecule has 0 spiro atoms. The Morgan fingerprint density at radius 2 is 2.19 bits per heavy atom. The molecule has 1 atom stereocenters. The molecule has 1 aromatic rings. The fourth-order valence-corrected chi connectivity index (χ4v) is 2.58. The highest BCUT2D eigenvalue weighted by Gasteiger charge is 2.23. The number of pyridine rings is 1. The van der Waals surface area contributed by atoms with Crippen molar-refractivity contribution in [1.82, 2.24) is 10.3 Å². The summed E-state index contributed by atoms with van der Waals surface area (Å²) in [6.07, 6.45) is 5.11. The lowest BCUT2D eigenvalue weighted by atomic mass is 9.90. The van der Waals surface area contributed by atoms with Gasteiger partial charge in [-0.15, -0.1) is 0 Å². The van der Waals surface area contributed by atoms with Crippen LogP contribution in [0.5, 0.6) is 0 Å². The molecule has 0 bridgehead atoms. The predicted octanol–water partition coefficient (Wildman–Crippen LogP) is 2.72. The maximum atomic E-state index is 14.0. The van der Waals surface area contributed by atoms with Gasteiger partial charge in [0.1, 0.15) is 6.17 Å². The van der Waals surface area contributed by atoms with Crippen LogP contribution in [0.1, 0.15) is 18.4 Å². The van der Waals surface area contributed by atoms with Crippen molar-refractivity contribution >= 4 is 15.9 Å². The number of aromatic nitrogens is 1. The van der Waals surface area contributed by atoms with Gasteiger partial charge in [-0.1, -0.05) is 0 Å². The maximum absolute atomic E-state index is 14.0. The number of nitrogens with zero attached hydrogens (tertiary/aromatic N) is 1. The molecule has 1 aromatic heterocycles. The summed E-state index contributed by atoms with van der Waals surface area (Å²) in [6.45, 7) is 1.89. The van der Waals surface area contributed by atoms with E-state index in [9.17, 15) is 4.39 Å². The van der Waals surface area contributed by atoms with Crippen LogP contribution in [0.4, 0.5) is 4.39 Å². The smallest absolute Gasteiger partial charge is 0.107 e. The van der Waals surface area contributed by atoms with Gasteiger partial charge in [-0.2, -0.15) is 0 Å². The van der Waals surface area contributed by atoms with Crippen molar-refractivity contribution in [2.75, 3.05) is 13.1 Å². The molecule has 1 aliphatic heterocycles. The van der Waals surface area contributed by atoms with Gasteiger partial charge in [-0.25, -0.2) is 4.39 Å². The Labute approximate surface area is 104 Å². The van der Waals surface area contributed by atoms with Crippen LogP contribution >= 0.6 is 15.9 Å². The van der Waals surface area contributed by atoms with Gasteiger partial charge in [0.2, 0.25) is 0 Å². The third-order valence-corrected chi connectivity index (χ3v) is 3.52. The van der Waals surface area contributed by atoms with E-state index >= 15 is 0 Å². The fourth-order valence-electron chi connectivity index (χ4n) is 2.17. The van der Waals surface area contributed by atoms with Crippen LogP contribution in [-0.4, -0.2) is 24.2 Å². The molecule has 1 saturated heterocycles. The van der Waals surface area contributed by atoms with Crippen LogP contribution in [0.15, 0.2) is 22.9 Å². The van der Waals surface area contributed by atoms with Crippen LogP contribution in [-0.2, 0) is 6.42 Å². The molecule has 0 aromatic carbocycles. The van der Waals surface area contributed by atoms with Crippen molar-refractivity contribution < 1.29 is 4.39 Å². The van der Waals surface area contributed by atoms with E-state index in [-0.39, 0.29) is 5.92 Å². The average Bonchev–Trinajstić information content (AvgIpc) is 2.30. The van der Waals surface area contributed by atoms with Crippen molar-refractivity contribution in [3.05, 3.63) is 28.5 Å². The summed E-state index contributed by atoms with van der Waals surface area (Å²) in [7, 11) is 0. The minimum absolute atomic E-state index is 0.209. The molecule has 2 heterocycles. The number of nitrogens with one attached hydrogen (secondary N) is 1. The van der Waals surface area contributed by atoms with Crippen LogP contribution in [0.25, 0.3) is 0 Å². The van der Waals surface area contributed by atoms with Crippen molar-refractivity contribution in [3.8, 4) is 0 Å². The number of rotatable bonds is 3. The molecule has 0 saturated carbocycles. The molecule has 4 heteroatoms. The lowest BCUT2D eigenvalue weighted by Crippen LogP contribution is -2.33. The second-order valence-corrected chi connectivity index (χ2v) is 5.23. The van der Waals surface area contributed by atoms with Crippen LogP contribution in [0.3, 0.4) is 0 Å². The Morgan fingerprint density at radius 3 is 2.88 bits per heavy atom. The summed E-state index contributed by atoms with van der Waals surface area (Å²) in [5.74, 6) is 0.209. The van der Waals surface area contributed by atoms with Gasteiger partial charge in [-0.05, 0) is 59.4 Å². The Bertz CT molecular complexity index is 340. The molecule has 1 unspecified atom stereocenters. The standard InChI is InChI=1S/C12H16BrFN2/c13-11-5-9(7-16-8-11)6-12(14)10-1-3-15-4-2-10/h5,7-8,10,12,15H,1-4,6H2. The number of piperidine rings is 1. The van der Waals surface area contributed by atoms with E-state index in [0.717, 1.165) is 36.0 Å². The highest BCUT2D eigenvalue weighted by molar-refractivity contribution is 9.10. The lowest BCUT2D eigenvalue weighted by molar-refractivity contribution is 0.187. The topological polar surface area (TPSA) is 24.9 Å². The van der Waals surface area contributed by atoms with E-state index in [0.29, 0.717) is 6.42 Å². The molecule has 0 aliphatic carbocycles. The van der Waals surface area contributed by atoms with E-state index in [2.05, 4.69) is 26.2 Å². The Balaban J connectivity index is 1.93. The maximum Gasteiger partial charge on any atom is 0.107 e. The summed E-state index contributed by atoms with van der Waals surface area (Å²) >= 11 is 3.35. The molecule has 2 rings (SSSR count). The van der Waals surface area contributed by atoms with E-state index in [4.69, 9.17) is 0 Å². The zero-order valence-electron chi connectivity index (χ0n) is 9.13. The number of hydrogen-bond donors (Lipinski definition) is 1. The molecule has 2 nitrogen and oxygen atoms in total. The zero-order valence-corrected chi connectivity index (χ0v) is 10.7. The fraction of sp³-hybridized carbons (Fsp3) is 0.583. The van der Waals surface area contributed by atoms with Crippen molar-refractivity contribution in [1.29, 1.82) is 0 Å². The molecule has 88 valence electrons. The summed E-state index contributed by atoms with van der Waals surface area (Å²) < 4.78 is 15.0. The van der Waals surface area contributed by atoms with E-state index in [1.165, 1.54) is 0 Å². The molecule has 16 heavy (non-hydrogen) atoms. The first-order valence-corrected chi connectivity index (χ1v) is 6.49. The Morgan fingerprint density at radius 1 is 1.44 bits per heavy atom. The summed E-state index contributed by atoms with van der Waals surface area (Å²) in [4.78, 5) is 4.06. The van der Waals surface area contributed by atoms with Gasteiger partial charge in [0, 0.05) is 23.3 Å². The first-order chi connectivity index (χ1) is 7.75. The molecule has 1 N–H and O–H groups in total. The molecule has 1 aliphatic rings. The zero-order chi connectivity index (χ0) is 11.4. The Kier molecular flexibility index (Phi) is 4.29. The van der Waals surface area contributed by atoms with Crippen LogP contribution in [0.2, 0.25) is 0 Å². The molecular formula is C12H16BrFN2. The van der Waals surface area contributed by atoms with Gasteiger partial charge >= 0.3 is 0 Å². The highest BCUT2D eigenvalue weighted by atomic mass is 79.9. The molecule has 0 radical (unpaired) electrons. The van der Waals surface area contributed by atoms with Crippen LogP contribution in [0, 0.1) is 5.92 Å². The van der Waals surface area contributed by atoms with Gasteiger partial charge in [0.15, 0.2) is 0 Å². The quantitative estimate of drug-likeness (QED) is 0.924. The van der Waals surface area contributed by atoms with Crippen molar-refractivity contribution in [2.24, 2.45) is 5.92 Å². The third-order valence-electron chi connectivity index (χ3n) is 3.09. The monoisotopic (exact) mass is 286 g/mol. The van der Waals surface area contributed by atoms with Gasteiger partial charge in [0.05, 0.1) is 0 Å². The largest absolute Gasteiger partial charge is 0.317 e. The predicted molar refractivity (Wildman–Crippen MR) is 66.1 cm³/mol. The van der Waals surface area contributed by atoms with Crippen molar-refractivity contribution in [2.45, 2.75) is 25.4 Å². The normalized spacial score (nSPS) is 19.6. The number of hydrogen-bond acceptors (Lipinski definition) is 2. The summed E-state index contributed by atoms with van der Waals surface area (Å²) in [6, 6.07) is 1.95. The number of halogens is 2. The summed E-state index contributed by atoms with van der Waals surface area (Å²) in [5.41, 5.74) is 0.973. The van der Waals surface area contributed by atoms with Crippen molar-refractivity contribution in [3.63, 3.8) is 0 Å². The van der Waals surface area contributed by atoms with Gasteiger partial charge in [-0.3, -0.25) is 4.98 Å².